The van der Waals surface area contributed by atoms with Crippen molar-refractivity contribution in [2.45, 2.75) is 31.7 Å². The third-order valence-corrected chi connectivity index (χ3v) is 4.40. The van der Waals surface area contributed by atoms with Gasteiger partial charge in [0.1, 0.15) is 5.82 Å². The fourth-order valence-electron chi connectivity index (χ4n) is 2.36. The van der Waals surface area contributed by atoms with E-state index < -0.39 is 0 Å². The van der Waals surface area contributed by atoms with Crippen molar-refractivity contribution in [2.24, 2.45) is 5.73 Å². The molecule has 2 aromatic rings. The Balaban J connectivity index is 2.18. The normalized spacial score (nSPS) is 14.0. The molecule has 3 heteroatoms. The summed E-state index contributed by atoms with van der Waals surface area (Å²) in [5.41, 5.74) is 8.52. The van der Waals surface area contributed by atoms with Gasteiger partial charge in [-0.05, 0) is 42.5 Å². The van der Waals surface area contributed by atoms with Crippen LogP contribution in [0.2, 0.25) is 0 Å². The Morgan fingerprint density at radius 3 is 2.40 bits per heavy atom. The lowest BCUT2D eigenvalue weighted by molar-refractivity contribution is 0.403. The summed E-state index contributed by atoms with van der Waals surface area (Å²) in [6.07, 6.45) is 2.40. The monoisotopic (exact) mass is 335 g/mol. The molecule has 0 fully saturated rings. The topological polar surface area (TPSA) is 26.0 Å². The number of hydrogen-bond donors (Lipinski definition) is 1. The first-order valence-corrected chi connectivity index (χ1v) is 7.58. The van der Waals surface area contributed by atoms with Crippen molar-refractivity contribution in [3.63, 3.8) is 0 Å². The molecule has 0 heterocycles. The highest BCUT2D eigenvalue weighted by Crippen LogP contribution is 2.25. The molecule has 2 N–H and O–H groups in total. The Kier molecular flexibility index (Phi) is 4.95. The lowest BCUT2D eigenvalue weighted by atomic mass is 9.83. The third-order valence-electron chi connectivity index (χ3n) is 3.66. The summed E-state index contributed by atoms with van der Waals surface area (Å²) in [4.78, 5) is 0. The van der Waals surface area contributed by atoms with Gasteiger partial charge in [0.2, 0.25) is 0 Å². The van der Waals surface area contributed by atoms with Crippen LogP contribution >= 0.6 is 15.9 Å². The molecule has 0 radical (unpaired) electrons. The molecule has 106 valence electrons. The first kappa shape index (κ1) is 15.2. The molecule has 1 atom stereocenters. The molecule has 0 aliphatic heterocycles. The zero-order valence-corrected chi connectivity index (χ0v) is 13.2. The van der Waals surface area contributed by atoms with Crippen LogP contribution in [0.1, 0.15) is 24.5 Å². The first-order valence-electron chi connectivity index (χ1n) is 6.79. The molecular formula is C17H19BrFN. The van der Waals surface area contributed by atoms with E-state index in [-0.39, 0.29) is 11.4 Å². The Hall–Kier alpha value is -1.19. The summed E-state index contributed by atoms with van der Waals surface area (Å²) in [5, 5.41) is 0. The molecule has 1 nitrogen and oxygen atoms in total. The predicted octanol–water partition coefficient (Wildman–Crippen LogP) is 4.48. The fraction of sp³-hybridized carbons (Fsp3) is 0.294. The minimum absolute atomic E-state index is 0.234. The molecule has 2 aromatic carbocycles. The van der Waals surface area contributed by atoms with E-state index in [4.69, 9.17) is 5.73 Å². The van der Waals surface area contributed by atoms with Crippen molar-refractivity contribution < 1.29 is 4.39 Å². The SMILES string of the molecule is CCC(N)(Cc1ccccc1)Cc1ccc(F)cc1Br. The van der Waals surface area contributed by atoms with Gasteiger partial charge in [-0.1, -0.05) is 59.3 Å². The van der Waals surface area contributed by atoms with Crippen LogP contribution in [0.3, 0.4) is 0 Å². The zero-order chi connectivity index (χ0) is 14.6. The second kappa shape index (κ2) is 6.51. The predicted molar refractivity (Wildman–Crippen MR) is 85.2 cm³/mol. The molecule has 0 amide bonds. The van der Waals surface area contributed by atoms with Crippen molar-refractivity contribution in [3.05, 3.63) is 69.9 Å². The minimum atomic E-state index is -0.318. The van der Waals surface area contributed by atoms with Crippen LogP contribution in [-0.4, -0.2) is 5.54 Å². The van der Waals surface area contributed by atoms with E-state index in [1.54, 1.807) is 0 Å². The van der Waals surface area contributed by atoms with E-state index in [9.17, 15) is 4.39 Å². The van der Waals surface area contributed by atoms with Crippen LogP contribution in [0.25, 0.3) is 0 Å². The van der Waals surface area contributed by atoms with Gasteiger partial charge >= 0.3 is 0 Å². The lowest BCUT2D eigenvalue weighted by Gasteiger charge is -2.29. The molecule has 20 heavy (non-hydrogen) atoms. The highest BCUT2D eigenvalue weighted by Gasteiger charge is 2.24. The van der Waals surface area contributed by atoms with Crippen LogP contribution < -0.4 is 5.73 Å². The molecule has 0 aliphatic carbocycles. The van der Waals surface area contributed by atoms with Crippen LogP contribution in [0, 0.1) is 5.82 Å². The summed E-state index contributed by atoms with van der Waals surface area (Å²) in [7, 11) is 0. The Bertz CT molecular complexity index is 570. The summed E-state index contributed by atoms with van der Waals surface area (Å²) >= 11 is 3.42. The maximum Gasteiger partial charge on any atom is 0.124 e. The second-order valence-electron chi connectivity index (χ2n) is 5.29. The van der Waals surface area contributed by atoms with Gasteiger partial charge in [0, 0.05) is 10.0 Å². The van der Waals surface area contributed by atoms with Crippen LogP contribution in [0.15, 0.2) is 53.0 Å². The molecule has 0 spiro atoms. The third kappa shape index (κ3) is 3.90. The standard InChI is InChI=1S/C17H19BrFN/c1-2-17(20,11-13-6-4-3-5-7-13)12-14-8-9-15(19)10-16(14)18/h3-10H,2,11-12,20H2,1H3. The van der Waals surface area contributed by atoms with Crippen LogP contribution in [0.5, 0.6) is 0 Å². The average molecular weight is 336 g/mol. The number of hydrogen-bond acceptors (Lipinski definition) is 1. The molecular weight excluding hydrogens is 317 g/mol. The largest absolute Gasteiger partial charge is 0.325 e. The quantitative estimate of drug-likeness (QED) is 0.856. The van der Waals surface area contributed by atoms with E-state index in [2.05, 4.69) is 35.0 Å². The highest BCUT2D eigenvalue weighted by atomic mass is 79.9. The van der Waals surface area contributed by atoms with Crippen molar-refractivity contribution >= 4 is 15.9 Å². The number of benzene rings is 2. The van der Waals surface area contributed by atoms with Crippen LogP contribution in [-0.2, 0) is 12.8 Å². The maximum absolute atomic E-state index is 13.1. The zero-order valence-electron chi connectivity index (χ0n) is 11.6. The Morgan fingerprint density at radius 2 is 1.80 bits per heavy atom. The van der Waals surface area contributed by atoms with Gasteiger partial charge in [-0.3, -0.25) is 0 Å². The maximum atomic E-state index is 13.1. The highest BCUT2D eigenvalue weighted by molar-refractivity contribution is 9.10. The van der Waals surface area contributed by atoms with Crippen molar-refractivity contribution in [1.82, 2.24) is 0 Å². The van der Waals surface area contributed by atoms with Gasteiger partial charge in [-0.15, -0.1) is 0 Å². The molecule has 0 aliphatic rings. The van der Waals surface area contributed by atoms with E-state index >= 15 is 0 Å². The molecule has 0 saturated carbocycles. The van der Waals surface area contributed by atoms with Gasteiger partial charge in [-0.25, -0.2) is 4.39 Å². The van der Waals surface area contributed by atoms with E-state index in [1.807, 2.05) is 24.3 Å². The summed E-state index contributed by atoms with van der Waals surface area (Å²) in [6.45, 7) is 2.10. The first-order chi connectivity index (χ1) is 9.52. The van der Waals surface area contributed by atoms with Crippen molar-refractivity contribution in [1.29, 1.82) is 0 Å². The summed E-state index contributed by atoms with van der Waals surface area (Å²) in [5.74, 6) is -0.234. The van der Waals surface area contributed by atoms with Crippen molar-refractivity contribution in [2.75, 3.05) is 0 Å². The van der Waals surface area contributed by atoms with Crippen molar-refractivity contribution in [3.8, 4) is 0 Å². The fourth-order valence-corrected chi connectivity index (χ4v) is 2.85. The van der Waals surface area contributed by atoms with E-state index in [0.29, 0.717) is 0 Å². The molecule has 0 bridgehead atoms. The van der Waals surface area contributed by atoms with Gasteiger partial charge < -0.3 is 5.73 Å². The lowest BCUT2D eigenvalue weighted by Crippen LogP contribution is -2.43. The molecule has 0 aromatic heterocycles. The number of nitrogens with two attached hydrogens (primary N) is 1. The summed E-state index contributed by atoms with van der Waals surface area (Å²) < 4.78 is 13.9. The van der Waals surface area contributed by atoms with Gasteiger partial charge in [-0.2, -0.15) is 0 Å². The van der Waals surface area contributed by atoms with E-state index in [1.165, 1.54) is 17.7 Å². The number of rotatable bonds is 5. The van der Waals surface area contributed by atoms with Gasteiger partial charge in [0.15, 0.2) is 0 Å². The Labute approximate surface area is 128 Å². The number of halogens is 2. The average Bonchev–Trinajstić information content (AvgIpc) is 2.43. The molecule has 1 unspecified atom stereocenters. The second-order valence-corrected chi connectivity index (χ2v) is 6.15. The Morgan fingerprint density at radius 1 is 1.10 bits per heavy atom. The minimum Gasteiger partial charge on any atom is -0.325 e. The summed E-state index contributed by atoms with van der Waals surface area (Å²) in [6, 6.07) is 15.0. The van der Waals surface area contributed by atoms with Gasteiger partial charge in [0.05, 0.1) is 0 Å². The van der Waals surface area contributed by atoms with E-state index in [0.717, 1.165) is 29.3 Å². The van der Waals surface area contributed by atoms with Crippen LogP contribution in [0.4, 0.5) is 4.39 Å². The molecule has 2 rings (SSSR count). The smallest absolute Gasteiger partial charge is 0.124 e. The van der Waals surface area contributed by atoms with Gasteiger partial charge in [0.25, 0.3) is 0 Å². The molecule has 0 saturated heterocycles.